The van der Waals surface area contributed by atoms with Crippen LogP contribution in [-0.2, 0) is 0 Å². The highest BCUT2D eigenvalue weighted by atomic mass is 35.5. The molecule has 1 aromatic rings. The Morgan fingerprint density at radius 2 is 2.18 bits per heavy atom. The quantitative estimate of drug-likeness (QED) is 0.443. The van der Waals surface area contributed by atoms with Crippen LogP contribution in [0.15, 0.2) is 18.3 Å². The molecule has 0 N–H and O–H groups in total. The first-order chi connectivity index (χ1) is 7.59. The summed E-state index contributed by atoms with van der Waals surface area (Å²) in [5.74, 6) is 0.421. The van der Waals surface area contributed by atoms with Crippen LogP contribution in [0.2, 0.25) is 0 Å². The maximum absolute atomic E-state index is 10.4. The summed E-state index contributed by atoms with van der Waals surface area (Å²) in [7, 11) is 3.98. The minimum absolute atomic E-state index is 0. The second-order valence-corrected chi connectivity index (χ2v) is 3.62. The zero-order valence-corrected chi connectivity index (χ0v) is 10.6. The van der Waals surface area contributed by atoms with Crippen molar-refractivity contribution in [3.05, 3.63) is 28.4 Å². The molecule has 17 heavy (non-hydrogen) atoms. The first-order valence-corrected chi connectivity index (χ1v) is 4.97. The van der Waals surface area contributed by atoms with Gasteiger partial charge in [0.05, 0.1) is 11.5 Å². The van der Waals surface area contributed by atoms with E-state index in [1.54, 1.807) is 0 Å². The lowest BCUT2D eigenvalue weighted by molar-refractivity contribution is -0.385. The number of nitrogens with zero attached hydrogens (tertiary/aromatic N) is 3. The van der Waals surface area contributed by atoms with Gasteiger partial charge < -0.3 is 9.64 Å². The monoisotopic (exact) mass is 261 g/mol. The lowest BCUT2D eigenvalue weighted by Gasteiger charge is -2.09. The van der Waals surface area contributed by atoms with Crippen molar-refractivity contribution in [2.24, 2.45) is 0 Å². The zero-order chi connectivity index (χ0) is 12.0. The number of hydrogen-bond acceptors (Lipinski definition) is 5. The minimum Gasteiger partial charge on any atom is -0.478 e. The van der Waals surface area contributed by atoms with Crippen molar-refractivity contribution < 1.29 is 9.66 Å². The Morgan fingerprint density at radius 1 is 1.47 bits per heavy atom. The number of rotatable bonds is 6. The fraction of sp³-hybridized carbons (Fsp3) is 0.500. The predicted molar refractivity (Wildman–Crippen MR) is 66.8 cm³/mol. The van der Waals surface area contributed by atoms with Gasteiger partial charge in [0.2, 0.25) is 5.88 Å². The Bertz CT molecular complexity index is 343. The van der Waals surface area contributed by atoms with E-state index in [9.17, 15) is 10.1 Å². The van der Waals surface area contributed by atoms with Gasteiger partial charge in [-0.2, -0.15) is 0 Å². The Balaban J connectivity index is 0.00000256. The summed E-state index contributed by atoms with van der Waals surface area (Å²) in [5, 5.41) is 10.4. The molecule has 0 spiro atoms. The number of pyridine rings is 1. The van der Waals surface area contributed by atoms with Crippen molar-refractivity contribution in [2.75, 3.05) is 27.2 Å². The second kappa shape index (κ2) is 7.81. The summed E-state index contributed by atoms with van der Waals surface area (Å²) in [4.78, 5) is 15.8. The summed E-state index contributed by atoms with van der Waals surface area (Å²) in [6.07, 6.45) is 2.09. The topological polar surface area (TPSA) is 68.5 Å². The Morgan fingerprint density at radius 3 is 2.65 bits per heavy atom. The van der Waals surface area contributed by atoms with E-state index in [0.717, 1.165) is 13.0 Å². The van der Waals surface area contributed by atoms with Gasteiger partial charge in [0.15, 0.2) is 0 Å². The molecule has 6 nitrogen and oxygen atoms in total. The van der Waals surface area contributed by atoms with Crippen LogP contribution in [0.25, 0.3) is 0 Å². The molecule has 0 saturated carbocycles. The van der Waals surface area contributed by atoms with Gasteiger partial charge in [-0.05, 0) is 20.5 Å². The largest absolute Gasteiger partial charge is 0.478 e. The van der Waals surface area contributed by atoms with E-state index < -0.39 is 4.92 Å². The van der Waals surface area contributed by atoms with Gasteiger partial charge in [-0.25, -0.2) is 4.98 Å². The van der Waals surface area contributed by atoms with E-state index in [0.29, 0.717) is 12.5 Å². The van der Waals surface area contributed by atoms with Gasteiger partial charge in [0.1, 0.15) is 6.20 Å². The van der Waals surface area contributed by atoms with Crippen molar-refractivity contribution in [1.29, 1.82) is 0 Å². The van der Waals surface area contributed by atoms with Gasteiger partial charge in [-0.15, -0.1) is 12.4 Å². The Kier molecular flexibility index (Phi) is 7.16. The van der Waals surface area contributed by atoms with Crippen molar-refractivity contribution in [2.45, 2.75) is 6.42 Å². The van der Waals surface area contributed by atoms with E-state index in [2.05, 4.69) is 9.88 Å². The number of hydrogen-bond donors (Lipinski definition) is 0. The van der Waals surface area contributed by atoms with Crippen LogP contribution in [0.1, 0.15) is 6.42 Å². The highest BCUT2D eigenvalue weighted by Gasteiger charge is 2.05. The summed E-state index contributed by atoms with van der Waals surface area (Å²) in [6, 6.07) is 2.89. The molecule has 1 rings (SSSR count). The standard InChI is InChI=1S/C10H15N3O3.ClH/c1-12(2)6-3-7-16-10-5-4-9(8-11-10)13(14)15;/h4-5,8H,3,6-7H2,1-2H3;1H. The maximum Gasteiger partial charge on any atom is 0.287 e. The number of halogens is 1. The van der Waals surface area contributed by atoms with E-state index in [4.69, 9.17) is 4.74 Å². The van der Waals surface area contributed by atoms with E-state index >= 15 is 0 Å². The summed E-state index contributed by atoms with van der Waals surface area (Å²) in [6.45, 7) is 1.50. The molecule has 0 amide bonds. The molecule has 0 aromatic carbocycles. The molecule has 96 valence electrons. The summed E-state index contributed by atoms with van der Waals surface area (Å²) < 4.78 is 5.33. The molecular weight excluding hydrogens is 246 g/mol. The third kappa shape index (κ3) is 6.03. The number of ether oxygens (including phenoxy) is 1. The van der Waals surface area contributed by atoms with Gasteiger partial charge in [-0.1, -0.05) is 0 Å². The highest BCUT2D eigenvalue weighted by molar-refractivity contribution is 5.85. The van der Waals surface area contributed by atoms with Crippen LogP contribution < -0.4 is 4.74 Å². The third-order valence-electron chi connectivity index (χ3n) is 1.93. The molecule has 0 bridgehead atoms. The maximum atomic E-state index is 10.4. The second-order valence-electron chi connectivity index (χ2n) is 3.62. The number of aromatic nitrogens is 1. The molecule has 7 heteroatoms. The molecule has 0 atom stereocenters. The van der Waals surface area contributed by atoms with Crippen LogP contribution in [-0.4, -0.2) is 42.1 Å². The smallest absolute Gasteiger partial charge is 0.287 e. The van der Waals surface area contributed by atoms with Crippen LogP contribution >= 0.6 is 12.4 Å². The fourth-order valence-electron chi connectivity index (χ4n) is 1.12. The molecule has 0 aliphatic heterocycles. The average Bonchev–Trinajstić information content (AvgIpc) is 2.25. The van der Waals surface area contributed by atoms with Crippen LogP contribution in [0.4, 0.5) is 5.69 Å². The molecule has 0 radical (unpaired) electrons. The third-order valence-corrected chi connectivity index (χ3v) is 1.93. The molecular formula is C10H16ClN3O3. The van der Waals surface area contributed by atoms with Gasteiger partial charge in [-0.3, -0.25) is 10.1 Å². The molecule has 1 aromatic heterocycles. The lowest BCUT2D eigenvalue weighted by atomic mass is 10.4. The predicted octanol–water partition coefficient (Wildman–Crippen LogP) is 1.74. The Labute approximate surface area is 106 Å². The summed E-state index contributed by atoms with van der Waals surface area (Å²) in [5.41, 5.74) is -0.0272. The van der Waals surface area contributed by atoms with Crippen molar-refractivity contribution in [3.8, 4) is 5.88 Å². The van der Waals surface area contributed by atoms with E-state index in [1.807, 2.05) is 14.1 Å². The first-order valence-electron chi connectivity index (χ1n) is 4.97. The molecule has 0 aliphatic carbocycles. The number of nitro groups is 1. The van der Waals surface area contributed by atoms with E-state index in [-0.39, 0.29) is 18.1 Å². The molecule has 1 heterocycles. The molecule has 0 unspecified atom stereocenters. The minimum atomic E-state index is -0.483. The lowest BCUT2D eigenvalue weighted by Crippen LogP contribution is -2.15. The zero-order valence-electron chi connectivity index (χ0n) is 9.83. The van der Waals surface area contributed by atoms with Crippen molar-refractivity contribution in [3.63, 3.8) is 0 Å². The first kappa shape index (κ1) is 15.6. The normalized spacial score (nSPS) is 9.82. The van der Waals surface area contributed by atoms with E-state index in [1.165, 1.54) is 18.3 Å². The van der Waals surface area contributed by atoms with Gasteiger partial charge >= 0.3 is 0 Å². The van der Waals surface area contributed by atoms with Crippen molar-refractivity contribution in [1.82, 2.24) is 9.88 Å². The molecule has 0 aliphatic rings. The fourth-order valence-corrected chi connectivity index (χ4v) is 1.12. The van der Waals surface area contributed by atoms with Crippen LogP contribution in [0, 0.1) is 10.1 Å². The summed E-state index contributed by atoms with van der Waals surface area (Å²) >= 11 is 0. The Hall–Kier alpha value is -1.40. The highest BCUT2D eigenvalue weighted by Crippen LogP contribution is 2.13. The van der Waals surface area contributed by atoms with Crippen molar-refractivity contribution >= 4 is 18.1 Å². The molecule has 0 saturated heterocycles. The molecule has 0 fully saturated rings. The van der Waals surface area contributed by atoms with Gasteiger partial charge in [0, 0.05) is 18.7 Å². The average molecular weight is 262 g/mol. The van der Waals surface area contributed by atoms with Crippen LogP contribution in [0.5, 0.6) is 5.88 Å². The van der Waals surface area contributed by atoms with Gasteiger partial charge in [0.25, 0.3) is 5.69 Å². The SMILES string of the molecule is CN(C)CCCOc1ccc([N+](=O)[O-])cn1.Cl. The van der Waals surface area contributed by atoms with Crippen LogP contribution in [0.3, 0.4) is 0 Å².